The van der Waals surface area contributed by atoms with E-state index < -0.39 is 11.9 Å². The summed E-state index contributed by atoms with van der Waals surface area (Å²) in [5.41, 5.74) is 0. The standard InChI is InChI=1S/C8H6F3S/c9-8(10,11)6-12-7-4-2-1-3-5-7/h2-5H,6H2. The molecule has 0 amide bonds. The molecule has 0 unspecified atom stereocenters. The zero-order chi connectivity index (χ0) is 9.03. The van der Waals surface area contributed by atoms with Gasteiger partial charge < -0.3 is 0 Å². The predicted octanol–water partition coefficient (Wildman–Crippen LogP) is 3.14. The van der Waals surface area contributed by atoms with Gasteiger partial charge in [-0.15, -0.1) is 11.8 Å². The minimum absolute atomic E-state index is 0.617. The largest absolute Gasteiger partial charge is 0.398 e. The van der Waals surface area contributed by atoms with Gasteiger partial charge in [0.2, 0.25) is 0 Å². The summed E-state index contributed by atoms with van der Waals surface area (Å²) in [5, 5.41) is 0. The van der Waals surface area contributed by atoms with E-state index in [1.165, 1.54) is 0 Å². The number of thioether (sulfide) groups is 1. The maximum absolute atomic E-state index is 11.7. The average Bonchev–Trinajstić information content (AvgIpc) is 2.02. The smallest absolute Gasteiger partial charge is 0.170 e. The first kappa shape index (κ1) is 9.45. The summed E-state index contributed by atoms with van der Waals surface area (Å²) in [6.07, 6.45) is -4.09. The van der Waals surface area contributed by atoms with Gasteiger partial charge in [-0.25, -0.2) is 0 Å². The number of alkyl halides is 3. The second-order valence-electron chi connectivity index (χ2n) is 2.14. The predicted molar refractivity (Wildman–Crippen MR) is 42.1 cm³/mol. The molecular formula is C8H6F3S. The monoisotopic (exact) mass is 191 g/mol. The van der Waals surface area contributed by atoms with Crippen LogP contribution in [0.3, 0.4) is 0 Å². The van der Waals surface area contributed by atoms with Crippen molar-refractivity contribution in [3.63, 3.8) is 0 Å². The normalized spacial score (nSPS) is 11.6. The van der Waals surface area contributed by atoms with Crippen molar-refractivity contribution in [3.8, 4) is 0 Å². The van der Waals surface area contributed by atoms with Gasteiger partial charge in [0.15, 0.2) is 0 Å². The minimum atomic E-state index is -4.09. The fourth-order valence-electron chi connectivity index (χ4n) is 0.633. The molecule has 1 radical (unpaired) electrons. The first-order chi connectivity index (χ1) is 5.58. The summed E-state index contributed by atoms with van der Waals surface area (Å²) < 4.78 is 35.1. The molecule has 0 aromatic heterocycles. The van der Waals surface area contributed by atoms with Crippen LogP contribution in [0.4, 0.5) is 13.2 Å². The molecule has 0 heterocycles. The van der Waals surface area contributed by atoms with Crippen LogP contribution in [0.25, 0.3) is 0 Å². The van der Waals surface area contributed by atoms with E-state index in [-0.39, 0.29) is 0 Å². The van der Waals surface area contributed by atoms with Gasteiger partial charge in [0.25, 0.3) is 0 Å². The lowest BCUT2D eigenvalue weighted by atomic mass is 10.4. The van der Waals surface area contributed by atoms with Gasteiger partial charge in [-0.2, -0.15) is 13.2 Å². The van der Waals surface area contributed by atoms with Gasteiger partial charge in [-0.3, -0.25) is 0 Å². The van der Waals surface area contributed by atoms with Crippen molar-refractivity contribution in [3.05, 3.63) is 30.3 Å². The second kappa shape index (κ2) is 3.85. The van der Waals surface area contributed by atoms with E-state index in [1.807, 2.05) is 0 Å². The van der Waals surface area contributed by atoms with Gasteiger partial charge in [0.1, 0.15) is 0 Å². The number of hydrogen-bond donors (Lipinski definition) is 0. The van der Waals surface area contributed by atoms with Crippen LogP contribution in [0.5, 0.6) is 0 Å². The first-order valence-electron chi connectivity index (χ1n) is 3.23. The highest BCUT2D eigenvalue weighted by molar-refractivity contribution is 7.99. The molecule has 1 aromatic rings. The Morgan fingerprint density at radius 3 is 2.33 bits per heavy atom. The van der Waals surface area contributed by atoms with E-state index in [1.54, 1.807) is 24.3 Å². The van der Waals surface area contributed by atoms with Crippen LogP contribution in [0.1, 0.15) is 0 Å². The van der Waals surface area contributed by atoms with Gasteiger partial charge in [0, 0.05) is 4.90 Å². The summed E-state index contributed by atoms with van der Waals surface area (Å²) in [7, 11) is 0. The fourth-order valence-corrected chi connectivity index (χ4v) is 1.29. The molecule has 0 N–H and O–H groups in total. The molecule has 1 aromatic carbocycles. The van der Waals surface area contributed by atoms with Crippen LogP contribution in [-0.2, 0) is 0 Å². The van der Waals surface area contributed by atoms with Crippen LogP contribution in [-0.4, -0.2) is 11.9 Å². The van der Waals surface area contributed by atoms with E-state index >= 15 is 0 Å². The van der Waals surface area contributed by atoms with Gasteiger partial charge in [-0.05, 0) is 18.2 Å². The van der Waals surface area contributed by atoms with Gasteiger partial charge >= 0.3 is 6.18 Å². The zero-order valence-electron chi connectivity index (χ0n) is 6.06. The summed E-state index contributed by atoms with van der Waals surface area (Å²) in [6, 6.07) is 9.14. The average molecular weight is 191 g/mol. The van der Waals surface area contributed by atoms with Crippen LogP contribution >= 0.6 is 11.8 Å². The lowest BCUT2D eigenvalue weighted by molar-refractivity contribution is -0.105. The summed E-state index contributed by atoms with van der Waals surface area (Å²) in [6.45, 7) is 0. The number of halogens is 3. The highest BCUT2D eigenvalue weighted by Crippen LogP contribution is 2.26. The summed E-state index contributed by atoms with van der Waals surface area (Å²) in [4.78, 5) is 0.617. The summed E-state index contributed by atoms with van der Waals surface area (Å²) in [5.74, 6) is -0.836. The molecule has 0 fully saturated rings. The Labute approximate surface area is 72.8 Å². The lowest BCUT2D eigenvalue weighted by Crippen LogP contribution is -2.10. The van der Waals surface area contributed by atoms with Gasteiger partial charge in [0.05, 0.1) is 5.75 Å². The Morgan fingerprint density at radius 2 is 1.83 bits per heavy atom. The van der Waals surface area contributed by atoms with E-state index in [9.17, 15) is 13.2 Å². The minimum Gasteiger partial charge on any atom is -0.170 e. The molecule has 65 valence electrons. The van der Waals surface area contributed by atoms with Crippen LogP contribution in [0.2, 0.25) is 0 Å². The molecular weight excluding hydrogens is 185 g/mol. The van der Waals surface area contributed by atoms with Crippen molar-refractivity contribution in [2.24, 2.45) is 0 Å². The second-order valence-corrected chi connectivity index (χ2v) is 3.19. The Bertz CT molecular complexity index is 230. The van der Waals surface area contributed by atoms with Crippen molar-refractivity contribution in [2.75, 3.05) is 5.75 Å². The van der Waals surface area contributed by atoms with E-state index in [0.29, 0.717) is 4.90 Å². The van der Waals surface area contributed by atoms with E-state index in [2.05, 4.69) is 6.07 Å². The van der Waals surface area contributed by atoms with Crippen molar-refractivity contribution in [1.29, 1.82) is 0 Å². The highest BCUT2D eigenvalue weighted by Gasteiger charge is 2.26. The highest BCUT2D eigenvalue weighted by atomic mass is 32.2. The van der Waals surface area contributed by atoms with E-state index in [4.69, 9.17) is 0 Å². The number of rotatable bonds is 2. The summed E-state index contributed by atoms with van der Waals surface area (Å²) >= 11 is 0.782. The topological polar surface area (TPSA) is 0 Å². The molecule has 0 aliphatic heterocycles. The van der Waals surface area contributed by atoms with E-state index in [0.717, 1.165) is 11.8 Å². The quantitative estimate of drug-likeness (QED) is 0.647. The molecule has 0 saturated heterocycles. The number of hydrogen-bond acceptors (Lipinski definition) is 1. The molecule has 4 heteroatoms. The number of benzene rings is 1. The van der Waals surface area contributed by atoms with Crippen molar-refractivity contribution in [1.82, 2.24) is 0 Å². The Balaban J connectivity index is 2.44. The molecule has 12 heavy (non-hydrogen) atoms. The third-order valence-electron chi connectivity index (χ3n) is 1.09. The van der Waals surface area contributed by atoms with Crippen LogP contribution < -0.4 is 0 Å². The zero-order valence-corrected chi connectivity index (χ0v) is 6.88. The molecule has 0 spiro atoms. The molecule has 0 bridgehead atoms. The molecule has 0 atom stereocenters. The Hall–Kier alpha value is -0.640. The van der Waals surface area contributed by atoms with Crippen molar-refractivity contribution >= 4 is 11.8 Å². The van der Waals surface area contributed by atoms with Crippen molar-refractivity contribution in [2.45, 2.75) is 11.1 Å². The molecule has 0 aliphatic rings. The van der Waals surface area contributed by atoms with Crippen LogP contribution in [0.15, 0.2) is 29.2 Å². The molecule has 0 saturated carbocycles. The lowest BCUT2D eigenvalue weighted by Gasteiger charge is -2.04. The molecule has 1 rings (SSSR count). The SMILES string of the molecule is FC(F)(F)CSc1cc[c]cc1. The fraction of sp³-hybridized carbons (Fsp3) is 0.250. The first-order valence-corrected chi connectivity index (χ1v) is 4.22. The third-order valence-corrected chi connectivity index (χ3v) is 2.17. The van der Waals surface area contributed by atoms with Crippen LogP contribution in [0, 0.1) is 6.07 Å². The Morgan fingerprint density at radius 1 is 1.25 bits per heavy atom. The third kappa shape index (κ3) is 3.67. The van der Waals surface area contributed by atoms with Crippen molar-refractivity contribution < 1.29 is 13.2 Å². The molecule has 0 nitrogen and oxygen atoms in total. The maximum Gasteiger partial charge on any atom is 0.398 e. The Kier molecular flexibility index (Phi) is 3.03. The van der Waals surface area contributed by atoms with Gasteiger partial charge in [-0.1, -0.05) is 12.1 Å². The maximum atomic E-state index is 11.7. The molecule has 0 aliphatic carbocycles.